The maximum atomic E-state index is 10.5. The number of hydrogen-bond donors (Lipinski definition) is 1. The van der Waals surface area contributed by atoms with Crippen LogP contribution < -0.4 is 5.73 Å². The predicted molar refractivity (Wildman–Crippen MR) is 120 cm³/mol. The lowest BCUT2D eigenvalue weighted by Gasteiger charge is -2.32. The summed E-state index contributed by atoms with van der Waals surface area (Å²) in [5.74, 6) is -1.88. The van der Waals surface area contributed by atoms with Gasteiger partial charge in [0.1, 0.15) is 11.3 Å². The summed E-state index contributed by atoms with van der Waals surface area (Å²) in [6, 6.07) is 12.9. The van der Waals surface area contributed by atoms with Gasteiger partial charge in [-0.05, 0) is 29.4 Å². The quantitative estimate of drug-likeness (QED) is 0.456. The Kier molecular flexibility index (Phi) is 6.20. The monoisotopic (exact) mass is 422 g/mol. The van der Waals surface area contributed by atoms with Crippen molar-refractivity contribution in [3.8, 4) is 12.1 Å². The molecule has 3 rings (SSSR count). The minimum absolute atomic E-state index is 0.00849. The fraction of sp³-hybridized carbons (Fsp3) is 0.640. The van der Waals surface area contributed by atoms with Gasteiger partial charge in [0.15, 0.2) is 5.41 Å². The smallest absolute Gasteiger partial charge is 0.293 e. The van der Waals surface area contributed by atoms with Crippen LogP contribution in [0, 0.1) is 33.5 Å². The number of aliphatic imine (C=N–C) groups is 1. The Hall–Kier alpha value is -2.41. The van der Waals surface area contributed by atoms with Crippen LogP contribution in [0.5, 0.6) is 0 Å². The van der Waals surface area contributed by atoms with Gasteiger partial charge < -0.3 is 15.2 Å². The van der Waals surface area contributed by atoms with Gasteiger partial charge in [-0.25, -0.2) is 4.99 Å². The number of ether oxygens (including phenoxy) is 2. The Bertz CT molecular complexity index is 909. The SMILES string of the molecule is CCCCOC1(OCCCC)N=C(N)C2(C#N)C(c3ccc(C(C)(C)C)cc3)C12C#N. The van der Waals surface area contributed by atoms with Gasteiger partial charge in [-0.2, -0.15) is 10.5 Å². The number of amidine groups is 1. The summed E-state index contributed by atoms with van der Waals surface area (Å²) in [6.45, 7) is 11.4. The third-order valence-electron chi connectivity index (χ3n) is 6.63. The van der Waals surface area contributed by atoms with Crippen molar-refractivity contribution in [2.45, 2.75) is 77.5 Å². The van der Waals surface area contributed by atoms with Crippen molar-refractivity contribution in [3.63, 3.8) is 0 Å². The van der Waals surface area contributed by atoms with E-state index in [-0.39, 0.29) is 11.3 Å². The molecule has 1 heterocycles. The zero-order chi connectivity index (χ0) is 22.9. The van der Waals surface area contributed by atoms with Gasteiger partial charge in [-0.1, -0.05) is 71.7 Å². The first-order valence-corrected chi connectivity index (χ1v) is 11.3. The summed E-state index contributed by atoms with van der Waals surface area (Å²) >= 11 is 0. The lowest BCUT2D eigenvalue weighted by Crippen LogP contribution is -2.44. The Balaban J connectivity index is 2.07. The van der Waals surface area contributed by atoms with Crippen molar-refractivity contribution in [1.29, 1.82) is 10.5 Å². The van der Waals surface area contributed by atoms with Crippen LogP contribution >= 0.6 is 0 Å². The molecule has 2 aliphatic rings. The molecule has 1 aromatic rings. The summed E-state index contributed by atoms with van der Waals surface area (Å²) in [5, 5.41) is 20.7. The van der Waals surface area contributed by atoms with Crippen LogP contribution in [0.15, 0.2) is 29.3 Å². The normalized spacial score (nSPS) is 28.4. The molecule has 0 saturated heterocycles. The Morgan fingerprint density at radius 3 is 1.97 bits per heavy atom. The lowest BCUT2D eigenvalue weighted by atomic mass is 9.86. The molecular weight excluding hydrogens is 388 g/mol. The van der Waals surface area contributed by atoms with E-state index in [1.54, 1.807) is 0 Å². The van der Waals surface area contributed by atoms with Gasteiger partial charge in [0, 0.05) is 5.92 Å². The average Bonchev–Trinajstić information content (AvgIpc) is 3.32. The van der Waals surface area contributed by atoms with Gasteiger partial charge in [-0.15, -0.1) is 0 Å². The van der Waals surface area contributed by atoms with Crippen molar-refractivity contribution in [2.75, 3.05) is 13.2 Å². The van der Waals surface area contributed by atoms with Gasteiger partial charge in [0.05, 0.1) is 25.4 Å². The summed E-state index contributed by atoms with van der Waals surface area (Å²) < 4.78 is 12.4. The number of rotatable bonds is 9. The fourth-order valence-electron chi connectivity index (χ4n) is 4.74. The molecule has 31 heavy (non-hydrogen) atoms. The third-order valence-corrected chi connectivity index (χ3v) is 6.63. The highest BCUT2D eigenvalue weighted by molar-refractivity contribution is 6.00. The zero-order valence-corrected chi connectivity index (χ0v) is 19.4. The molecule has 0 amide bonds. The molecule has 1 aliphatic carbocycles. The molecule has 6 nitrogen and oxygen atoms in total. The van der Waals surface area contributed by atoms with Crippen LogP contribution in [0.2, 0.25) is 0 Å². The average molecular weight is 423 g/mol. The van der Waals surface area contributed by atoms with Crippen LogP contribution in [0.1, 0.15) is 77.3 Å². The van der Waals surface area contributed by atoms with Gasteiger partial charge in [-0.3, -0.25) is 0 Å². The molecule has 0 aromatic heterocycles. The second-order valence-electron chi connectivity index (χ2n) is 9.63. The molecule has 0 radical (unpaired) electrons. The number of hydrogen-bond acceptors (Lipinski definition) is 6. The van der Waals surface area contributed by atoms with E-state index in [1.165, 1.54) is 5.56 Å². The minimum atomic E-state index is -1.56. The molecule has 1 fully saturated rings. The first-order chi connectivity index (χ1) is 14.7. The van der Waals surface area contributed by atoms with Crippen molar-refractivity contribution < 1.29 is 9.47 Å². The van der Waals surface area contributed by atoms with E-state index in [9.17, 15) is 10.5 Å². The van der Waals surface area contributed by atoms with Gasteiger partial charge in [0.2, 0.25) is 0 Å². The van der Waals surface area contributed by atoms with Gasteiger partial charge in [0.25, 0.3) is 5.91 Å². The largest absolute Gasteiger partial charge is 0.386 e. The second-order valence-corrected chi connectivity index (χ2v) is 9.63. The molecule has 3 atom stereocenters. The Labute approximate surface area is 186 Å². The zero-order valence-electron chi connectivity index (χ0n) is 19.4. The molecule has 3 unspecified atom stereocenters. The van der Waals surface area contributed by atoms with Crippen molar-refractivity contribution in [3.05, 3.63) is 35.4 Å². The highest BCUT2D eigenvalue weighted by Gasteiger charge is 2.93. The lowest BCUT2D eigenvalue weighted by molar-refractivity contribution is -0.260. The van der Waals surface area contributed by atoms with E-state index in [4.69, 9.17) is 15.2 Å². The molecule has 166 valence electrons. The van der Waals surface area contributed by atoms with E-state index in [1.807, 2.05) is 12.1 Å². The molecule has 2 N–H and O–H groups in total. The maximum absolute atomic E-state index is 10.5. The summed E-state index contributed by atoms with van der Waals surface area (Å²) in [7, 11) is 0. The standard InChI is InChI=1S/C25H34N4O2/c1-6-8-14-30-25(31-15-9-7-2)24(17-27)20(23(24,16-26)21(28)29-25)18-10-12-19(13-11-18)22(3,4)5/h10-13,20H,6-9,14-15H2,1-5H3,(H2,28,29). The maximum Gasteiger partial charge on any atom is 0.293 e. The first-order valence-electron chi connectivity index (χ1n) is 11.3. The van der Waals surface area contributed by atoms with Crippen LogP contribution in [0.3, 0.4) is 0 Å². The van der Waals surface area contributed by atoms with Crippen molar-refractivity contribution >= 4 is 5.84 Å². The summed E-state index contributed by atoms with van der Waals surface area (Å²) in [6.07, 6.45) is 3.48. The minimum Gasteiger partial charge on any atom is -0.386 e. The molecule has 6 heteroatoms. The summed E-state index contributed by atoms with van der Waals surface area (Å²) in [4.78, 5) is 4.52. The van der Waals surface area contributed by atoms with Crippen molar-refractivity contribution in [2.24, 2.45) is 21.6 Å². The molecule has 0 spiro atoms. The number of nitrogens with zero attached hydrogens (tertiary/aromatic N) is 3. The topological polar surface area (TPSA) is 104 Å². The highest BCUT2D eigenvalue weighted by atomic mass is 16.7. The molecule has 1 saturated carbocycles. The van der Waals surface area contributed by atoms with E-state index < -0.39 is 22.7 Å². The predicted octanol–water partition coefficient (Wildman–Crippen LogP) is 4.76. The van der Waals surface area contributed by atoms with E-state index >= 15 is 0 Å². The first kappa shape index (κ1) is 23.3. The van der Waals surface area contributed by atoms with Crippen LogP contribution in [0.25, 0.3) is 0 Å². The van der Waals surface area contributed by atoms with Crippen molar-refractivity contribution in [1.82, 2.24) is 0 Å². The third kappa shape index (κ3) is 3.25. The number of benzene rings is 1. The molecule has 1 aliphatic heterocycles. The van der Waals surface area contributed by atoms with E-state index in [2.05, 4.69) is 63.9 Å². The molecule has 0 bridgehead atoms. The second kappa shape index (κ2) is 8.26. The van der Waals surface area contributed by atoms with Crippen LogP contribution in [-0.4, -0.2) is 25.0 Å². The number of unbranched alkanes of at least 4 members (excludes halogenated alkanes) is 2. The number of fused-ring (bicyclic) bond motifs is 1. The molecule has 1 aromatic carbocycles. The Morgan fingerprint density at radius 2 is 1.55 bits per heavy atom. The van der Waals surface area contributed by atoms with Gasteiger partial charge >= 0.3 is 0 Å². The van der Waals surface area contributed by atoms with E-state index in [0.717, 1.165) is 31.2 Å². The highest BCUT2D eigenvalue weighted by Crippen LogP contribution is 2.82. The van der Waals surface area contributed by atoms with Crippen LogP contribution in [0.4, 0.5) is 0 Å². The number of nitriles is 2. The summed E-state index contributed by atoms with van der Waals surface area (Å²) in [5.41, 5.74) is 5.88. The van der Waals surface area contributed by atoms with E-state index in [0.29, 0.717) is 13.2 Å². The number of nitrogens with two attached hydrogens (primary N) is 1. The van der Waals surface area contributed by atoms with Crippen LogP contribution in [-0.2, 0) is 14.9 Å². The fourth-order valence-corrected chi connectivity index (χ4v) is 4.74. The Morgan fingerprint density at radius 1 is 1.00 bits per heavy atom. The molecular formula is C25H34N4O2.